The zero-order valence-electron chi connectivity index (χ0n) is 12.9. The minimum atomic E-state index is -3.23. The molecule has 0 aliphatic carbocycles. The molecule has 0 radical (unpaired) electrons. The van der Waals surface area contributed by atoms with Crippen molar-refractivity contribution in [1.82, 2.24) is 5.32 Å². The Morgan fingerprint density at radius 1 is 1.38 bits per heavy atom. The average Bonchev–Trinajstić information content (AvgIpc) is 2.73. The molecule has 1 aromatic carbocycles. The van der Waals surface area contributed by atoms with Gasteiger partial charge in [-0.25, -0.2) is 13.2 Å². The van der Waals surface area contributed by atoms with Crippen LogP contribution in [0.5, 0.6) is 0 Å². The predicted octanol–water partition coefficient (Wildman–Crippen LogP) is 2.14. The maximum Gasteiger partial charge on any atom is 0.321 e. The Balaban J connectivity index is 2.10. The van der Waals surface area contributed by atoms with Crippen LogP contribution in [0.15, 0.2) is 24.3 Å². The molecule has 5 nitrogen and oxygen atoms in total. The largest absolute Gasteiger partial charge is 0.336 e. The lowest BCUT2D eigenvalue weighted by molar-refractivity contribution is 0.245. The lowest BCUT2D eigenvalue weighted by atomic mass is 10.0. The van der Waals surface area contributed by atoms with E-state index in [0.29, 0.717) is 6.54 Å². The summed E-state index contributed by atoms with van der Waals surface area (Å²) in [6, 6.07) is 7.55. The molecule has 2 amide bonds. The highest BCUT2D eigenvalue weighted by atomic mass is 32.2. The van der Waals surface area contributed by atoms with Crippen LogP contribution in [0.25, 0.3) is 0 Å². The number of nitrogens with one attached hydrogen (secondary N) is 1. The third-order valence-electron chi connectivity index (χ3n) is 4.13. The SMILES string of the molecule is C[C@H]1CN(C(=O)NCC(C)(C)S(C)(=O)=O)c2ccccc21. The van der Waals surface area contributed by atoms with E-state index >= 15 is 0 Å². The predicted molar refractivity (Wildman–Crippen MR) is 84.5 cm³/mol. The molecular weight excluding hydrogens is 288 g/mol. The van der Waals surface area contributed by atoms with Crippen molar-refractivity contribution in [1.29, 1.82) is 0 Å². The first kappa shape index (κ1) is 15.8. The number of rotatable bonds is 3. The Labute approximate surface area is 126 Å². The fraction of sp³-hybridized carbons (Fsp3) is 0.533. The molecule has 0 bridgehead atoms. The van der Waals surface area contributed by atoms with Gasteiger partial charge in [-0.05, 0) is 25.5 Å². The molecule has 0 saturated heterocycles. The fourth-order valence-corrected chi connectivity index (χ4v) is 2.66. The second-order valence-electron chi connectivity index (χ2n) is 6.26. The number of nitrogens with zero attached hydrogens (tertiary/aromatic N) is 1. The van der Waals surface area contributed by atoms with Crippen LogP contribution in [-0.4, -0.2) is 38.5 Å². The van der Waals surface area contributed by atoms with Crippen LogP contribution >= 0.6 is 0 Å². The number of hydrogen-bond donors (Lipinski definition) is 1. The Bertz CT molecular complexity index is 653. The smallest absolute Gasteiger partial charge is 0.321 e. The summed E-state index contributed by atoms with van der Waals surface area (Å²) in [5.74, 6) is 0.287. The van der Waals surface area contributed by atoms with Crippen molar-refractivity contribution in [2.45, 2.75) is 31.4 Å². The van der Waals surface area contributed by atoms with Gasteiger partial charge in [0.05, 0.1) is 4.75 Å². The number of para-hydroxylation sites is 1. The van der Waals surface area contributed by atoms with Gasteiger partial charge in [0, 0.05) is 31.0 Å². The van der Waals surface area contributed by atoms with Gasteiger partial charge >= 0.3 is 6.03 Å². The molecular formula is C15H22N2O3S. The summed E-state index contributed by atoms with van der Waals surface area (Å²) in [4.78, 5) is 14.0. The maximum atomic E-state index is 12.3. The molecule has 0 unspecified atom stereocenters. The van der Waals surface area contributed by atoms with Gasteiger partial charge in [0.25, 0.3) is 0 Å². The minimum Gasteiger partial charge on any atom is -0.336 e. The summed E-state index contributed by atoms with van der Waals surface area (Å²) in [5, 5.41) is 2.74. The normalized spacial score (nSPS) is 18.5. The van der Waals surface area contributed by atoms with Crippen molar-refractivity contribution in [3.63, 3.8) is 0 Å². The van der Waals surface area contributed by atoms with E-state index in [0.717, 1.165) is 11.3 Å². The zero-order chi connectivity index (χ0) is 15.8. The van der Waals surface area contributed by atoms with Gasteiger partial charge in [-0.2, -0.15) is 0 Å². The Morgan fingerprint density at radius 3 is 2.62 bits per heavy atom. The average molecular weight is 310 g/mol. The summed E-state index contributed by atoms with van der Waals surface area (Å²) in [5.41, 5.74) is 2.05. The number of urea groups is 1. The number of carbonyl (C=O) groups excluding carboxylic acids is 1. The second-order valence-corrected chi connectivity index (χ2v) is 8.91. The molecule has 1 N–H and O–H groups in total. The van der Waals surface area contributed by atoms with Crippen molar-refractivity contribution in [3.8, 4) is 0 Å². The van der Waals surface area contributed by atoms with Crippen LogP contribution in [0, 0.1) is 0 Å². The molecule has 1 heterocycles. The summed E-state index contributed by atoms with van der Waals surface area (Å²) in [7, 11) is -3.23. The van der Waals surface area contributed by atoms with Crippen LogP contribution in [0.4, 0.5) is 10.5 Å². The summed E-state index contributed by atoms with van der Waals surface area (Å²) < 4.78 is 22.4. The number of carbonyl (C=O) groups is 1. The summed E-state index contributed by atoms with van der Waals surface area (Å²) in [6.07, 6.45) is 1.19. The van der Waals surface area contributed by atoms with Gasteiger partial charge in [0.15, 0.2) is 9.84 Å². The van der Waals surface area contributed by atoms with Crippen molar-refractivity contribution < 1.29 is 13.2 Å². The van der Waals surface area contributed by atoms with E-state index in [9.17, 15) is 13.2 Å². The first-order valence-corrected chi connectivity index (χ1v) is 8.86. The Hall–Kier alpha value is -1.56. The van der Waals surface area contributed by atoms with Crippen LogP contribution < -0.4 is 10.2 Å². The van der Waals surface area contributed by atoms with Crippen molar-refractivity contribution in [2.75, 3.05) is 24.2 Å². The number of amides is 2. The minimum absolute atomic E-state index is 0.0950. The highest BCUT2D eigenvalue weighted by molar-refractivity contribution is 7.92. The van der Waals surface area contributed by atoms with Gasteiger partial charge in [-0.1, -0.05) is 25.1 Å². The van der Waals surface area contributed by atoms with E-state index in [1.807, 2.05) is 24.3 Å². The number of sulfone groups is 1. The lowest BCUT2D eigenvalue weighted by Gasteiger charge is -2.25. The van der Waals surface area contributed by atoms with Gasteiger partial charge in [-0.3, -0.25) is 4.90 Å². The number of anilines is 1. The molecule has 0 fully saturated rings. The van der Waals surface area contributed by atoms with Gasteiger partial charge < -0.3 is 5.32 Å². The third kappa shape index (κ3) is 3.05. The molecule has 0 aromatic heterocycles. The van der Waals surface area contributed by atoms with E-state index < -0.39 is 14.6 Å². The monoisotopic (exact) mass is 310 g/mol. The molecule has 1 aliphatic rings. The molecule has 6 heteroatoms. The fourth-order valence-electron chi connectivity index (χ4n) is 2.33. The molecule has 116 valence electrons. The van der Waals surface area contributed by atoms with Crippen molar-refractivity contribution in [2.24, 2.45) is 0 Å². The molecule has 1 aromatic rings. The summed E-state index contributed by atoms with van der Waals surface area (Å²) in [6.45, 7) is 6.01. The zero-order valence-corrected chi connectivity index (χ0v) is 13.7. The Morgan fingerprint density at radius 2 is 2.00 bits per heavy atom. The second kappa shape index (κ2) is 5.33. The standard InChI is InChI=1S/C15H22N2O3S/c1-11-9-17(13-8-6-5-7-12(11)13)14(18)16-10-15(2,3)21(4,19)20/h5-8,11H,9-10H2,1-4H3,(H,16,18)/t11-/m0/s1. The van der Waals surface area contributed by atoms with Crippen LogP contribution in [0.2, 0.25) is 0 Å². The maximum absolute atomic E-state index is 12.3. The van der Waals surface area contributed by atoms with Crippen molar-refractivity contribution >= 4 is 21.6 Å². The van der Waals surface area contributed by atoms with Crippen LogP contribution in [0.1, 0.15) is 32.3 Å². The lowest BCUT2D eigenvalue weighted by Crippen LogP contribution is -2.48. The molecule has 1 aliphatic heterocycles. The van der Waals surface area contributed by atoms with E-state index in [1.165, 1.54) is 6.26 Å². The number of fused-ring (bicyclic) bond motifs is 1. The van der Waals surface area contributed by atoms with Crippen LogP contribution in [0.3, 0.4) is 0 Å². The van der Waals surface area contributed by atoms with E-state index in [2.05, 4.69) is 12.2 Å². The first-order chi connectivity index (χ1) is 9.63. The Kier molecular flexibility index (Phi) is 4.02. The highest BCUT2D eigenvalue weighted by Crippen LogP contribution is 2.35. The van der Waals surface area contributed by atoms with E-state index in [1.54, 1.807) is 18.7 Å². The number of hydrogen-bond acceptors (Lipinski definition) is 3. The van der Waals surface area contributed by atoms with Crippen LogP contribution in [-0.2, 0) is 9.84 Å². The molecule has 0 spiro atoms. The molecule has 1 atom stereocenters. The van der Waals surface area contributed by atoms with Gasteiger partial charge in [0.1, 0.15) is 0 Å². The van der Waals surface area contributed by atoms with Gasteiger partial charge in [0.2, 0.25) is 0 Å². The first-order valence-electron chi connectivity index (χ1n) is 6.97. The number of benzene rings is 1. The van der Waals surface area contributed by atoms with E-state index in [4.69, 9.17) is 0 Å². The third-order valence-corrected chi connectivity index (χ3v) is 6.28. The topological polar surface area (TPSA) is 66.5 Å². The van der Waals surface area contributed by atoms with Gasteiger partial charge in [-0.15, -0.1) is 0 Å². The van der Waals surface area contributed by atoms with E-state index in [-0.39, 0.29) is 18.5 Å². The molecule has 21 heavy (non-hydrogen) atoms. The quantitative estimate of drug-likeness (QED) is 0.930. The highest BCUT2D eigenvalue weighted by Gasteiger charge is 2.33. The molecule has 0 saturated carbocycles. The summed E-state index contributed by atoms with van der Waals surface area (Å²) >= 11 is 0. The van der Waals surface area contributed by atoms with Crippen molar-refractivity contribution in [3.05, 3.63) is 29.8 Å². The molecule has 2 rings (SSSR count).